The number of piperidine rings is 1. The van der Waals surface area contributed by atoms with E-state index in [2.05, 4.69) is 45.3 Å². The molecule has 0 saturated carbocycles. The van der Waals surface area contributed by atoms with Crippen molar-refractivity contribution in [1.82, 2.24) is 14.9 Å². The molecule has 1 aliphatic heterocycles. The number of likely N-dealkylation sites (tertiary alicyclic amines) is 1. The number of benzene rings is 1. The highest BCUT2D eigenvalue weighted by Crippen LogP contribution is 2.30. The molecule has 6 nitrogen and oxygen atoms in total. The fraction of sp³-hybridized carbons (Fsp3) is 0.565. The van der Waals surface area contributed by atoms with Gasteiger partial charge in [-0.15, -0.1) is 0 Å². The van der Waals surface area contributed by atoms with Crippen LogP contribution in [0.1, 0.15) is 51.5 Å². The lowest BCUT2D eigenvalue weighted by atomic mass is 10.0. The number of ether oxygens (including phenoxy) is 2. The summed E-state index contributed by atoms with van der Waals surface area (Å²) in [6.45, 7) is 8.58. The molecule has 3 rings (SSSR count). The van der Waals surface area contributed by atoms with E-state index in [-0.39, 0.29) is 5.28 Å². The molecule has 0 spiro atoms. The van der Waals surface area contributed by atoms with Crippen molar-refractivity contribution in [3.8, 4) is 11.5 Å². The van der Waals surface area contributed by atoms with Crippen molar-refractivity contribution in [3.05, 3.63) is 41.3 Å². The van der Waals surface area contributed by atoms with Crippen molar-refractivity contribution in [1.29, 1.82) is 0 Å². The van der Waals surface area contributed by atoms with E-state index in [4.69, 9.17) is 21.1 Å². The molecular weight excluding hydrogens is 400 g/mol. The Hall–Kier alpha value is -2.05. The second-order valence-electron chi connectivity index (χ2n) is 7.68. The second kappa shape index (κ2) is 12.0. The average Bonchev–Trinajstić information content (AvgIpc) is 2.74. The van der Waals surface area contributed by atoms with Crippen molar-refractivity contribution in [2.24, 2.45) is 0 Å². The molecule has 30 heavy (non-hydrogen) atoms. The van der Waals surface area contributed by atoms with E-state index in [9.17, 15) is 0 Å². The van der Waals surface area contributed by atoms with Crippen LogP contribution in [0.2, 0.25) is 5.28 Å². The van der Waals surface area contributed by atoms with Gasteiger partial charge in [0.2, 0.25) is 5.28 Å². The van der Waals surface area contributed by atoms with E-state index < -0.39 is 0 Å². The van der Waals surface area contributed by atoms with E-state index in [1.807, 2.05) is 13.0 Å². The molecule has 1 fully saturated rings. The average molecular weight is 433 g/mol. The summed E-state index contributed by atoms with van der Waals surface area (Å²) in [7, 11) is 0. The molecule has 164 valence electrons. The first-order chi connectivity index (χ1) is 14.7. The number of hydrogen-bond acceptors (Lipinski definition) is 6. The lowest BCUT2D eigenvalue weighted by Crippen LogP contribution is -2.38. The zero-order valence-electron chi connectivity index (χ0n) is 18.1. The van der Waals surface area contributed by atoms with Gasteiger partial charge in [-0.2, -0.15) is 0 Å². The van der Waals surface area contributed by atoms with Crippen LogP contribution in [0.3, 0.4) is 0 Å². The lowest BCUT2D eigenvalue weighted by molar-refractivity contribution is 0.210. The van der Waals surface area contributed by atoms with E-state index in [1.165, 1.54) is 18.4 Å². The van der Waals surface area contributed by atoms with Crippen LogP contribution in [-0.2, 0) is 6.54 Å². The number of rotatable bonds is 11. The van der Waals surface area contributed by atoms with Gasteiger partial charge in [-0.3, -0.25) is 4.90 Å². The maximum Gasteiger partial charge on any atom is 0.224 e. The fourth-order valence-electron chi connectivity index (χ4n) is 3.69. The third-order valence-electron chi connectivity index (χ3n) is 5.29. The Kier molecular flexibility index (Phi) is 9.02. The third kappa shape index (κ3) is 7.03. The monoisotopic (exact) mass is 432 g/mol. The molecule has 1 aliphatic rings. The van der Waals surface area contributed by atoms with Crippen molar-refractivity contribution in [3.63, 3.8) is 0 Å². The van der Waals surface area contributed by atoms with Gasteiger partial charge in [-0.05, 0) is 61.5 Å². The standard InChI is InChI=1S/C23H33ClN4O2/c1-3-5-6-15-30-20-8-7-18(16-21(20)29-4-2)17-28-13-10-19(11-14-28)26-22-9-12-25-23(24)27-22/h7-9,12,16,19H,3-6,10-11,13-15,17H2,1-2H3,(H,25,26,27). The molecule has 1 aromatic carbocycles. The number of anilines is 1. The normalized spacial score (nSPS) is 15.2. The Labute approximate surface area is 185 Å². The molecule has 1 saturated heterocycles. The fourth-order valence-corrected chi connectivity index (χ4v) is 3.84. The highest BCUT2D eigenvalue weighted by Gasteiger charge is 2.20. The molecule has 0 bridgehead atoms. The largest absolute Gasteiger partial charge is 0.490 e. The Morgan fingerprint density at radius 3 is 2.67 bits per heavy atom. The summed E-state index contributed by atoms with van der Waals surface area (Å²) in [5, 5.41) is 3.75. The van der Waals surface area contributed by atoms with Gasteiger partial charge in [0.05, 0.1) is 13.2 Å². The highest BCUT2D eigenvalue weighted by molar-refractivity contribution is 6.28. The topological polar surface area (TPSA) is 59.5 Å². The predicted molar refractivity (Wildman–Crippen MR) is 122 cm³/mol. The third-order valence-corrected chi connectivity index (χ3v) is 5.47. The van der Waals surface area contributed by atoms with Crippen molar-refractivity contribution in [2.75, 3.05) is 31.6 Å². The minimum Gasteiger partial charge on any atom is -0.490 e. The molecule has 0 aliphatic carbocycles. The van der Waals surface area contributed by atoms with E-state index in [0.717, 1.165) is 62.8 Å². The first-order valence-corrected chi connectivity index (χ1v) is 11.4. The molecule has 1 N–H and O–H groups in total. The van der Waals surface area contributed by atoms with Gasteiger partial charge in [0, 0.05) is 31.9 Å². The summed E-state index contributed by atoms with van der Waals surface area (Å²) in [4.78, 5) is 10.6. The van der Waals surface area contributed by atoms with Crippen LogP contribution >= 0.6 is 11.6 Å². The first-order valence-electron chi connectivity index (χ1n) is 11.0. The number of halogens is 1. The Balaban J connectivity index is 1.50. The number of aromatic nitrogens is 2. The van der Waals surface area contributed by atoms with Crippen molar-refractivity contribution in [2.45, 2.75) is 58.5 Å². The zero-order valence-corrected chi connectivity index (χ0v) is 18.8. The smallest absolute Gasteiger partial charge is 0.224 e. The van der Waals surface area contributed by atoms with Gasteiger partial charge >= 0.3 is 0 Å². The van der Waals surface area contributed by atoms with E-state index in [0.29, 0.717) is 12.6 Å². The van der Waals surface area contributed by atoms with Gasteiger partial charge in [-0.1, -0.05) is 25.8 Å². The summed E-state index contributed by atoms with van der Waals surface area (Å²) in [6, 6.07) is 8.61. The first kappa shape index (κ1) is 22.6. The number of unbranched alkanes of at least 4 members (excludes halogenated alkanes) is 2. The zero-order chi connectivity index (χ0) is 21.2. The lowest BCUT2D eigenvalue weighted by Gasteiger charge is -2.32. The Bertz CT molecular complexity index is 782. The van der Waals surface area contributed by atoms with Gasteiger partial charge in [-0.25, -0.2) is 9.97 Å². The molecule has 7 heteroatoms. The quantitative estimate of drug-likeness (QED) is 0.390. The summed E-state index contributed by atoms with van der Waals surface area (Å²) in [5.74, 6) is 2.50. The molecular formula is C23H33ClN4O2. The van der Waals surface area contributed by atoms with Gasteiger partial charge in [0.25, 0.3) is 0 Å². The summed E-state index contributed by atoms with van der Waals surface area (Å²) < 4.78 is 11.8. The highest BCUT2D eigenvalue weighted by atomic mass is 35.5. The van der Waals surface area contributed by atoms with Crippen LogP contribution in [0, 0.1) is 0 Å². The van der Waals surface area contributed by atoms with Gasteiger partial charge < -0.3 is 14.8 Å². The Morgan fingerprint density at radius 2 is 1.93 bits per heavy atom. The summed E-state index contributed by atoms with van der Waals surface area (Å²) in [5.41, 5.74) is 1.26. The minimum atomic E-state index is 0.278. The predicted octanol–water partition coefficient (Wildman–Crippen LogP) is 5.17. The maximum absolute atomic E-state index is 5.95. The molecule has 0 amide bonds. The van der Waals surface area contributed by atoms with Crippen molar-refractivity contribution >= 4 is 17.4 Å². The molecule has 0 radical (unpaired) electrons. The second-order valence-corrected chi connectivity index (χ2v) is 8.01. The van der Waals surface area contributed by atoms with Crippen LogP contribution in [0.25, 0.3) is 0 Å². The SMILES string of the molecule is CCCCCOc1ccc(CN2CCC(Nc3ccnc(Cl)n3)CC2)cc1OCC. The van der Waals surface area contributed by atoms with Crippen LogP contribution in [0.5, 0.6) is 11.5 Å². The van der Waals surface area contributed by atoms with Crippen molar-refractivity contribution < 1.29 is 9.47 Å². The van der Waals surface area contributed by atoms with Crippen LogP contribution in [-0.4, -0.2) is 47.2 Å². The van der Waals surface area contributed by atoms with Crippen LogP contribution in [0.15, 0.2) is 30.5 Å². The maximum atomic E-state index is 5.95. The molecule has 0 unspecified atom stereocenters. The van der Waals surface area contributed by atoms with E-state index in [1.54, 1.807) is 6.20 Å². The Morgan fingerprint density at radius 1 is 1.10 bits per heavy atom. The summed E-state index contributed by atoms with van der Waals surface area (Å²) in [6.07, 6.45) is 7.28. The molecule has 0 atom stereocenters. The summed E-state index contributed by atoms with van der Waals surface area (Å²) >= 11 is 5.87. The van der Waals surface area contributed by atoms with E-state index >= 15 is 0 Å². The van der Waals surface area contributed by atoms with Crippen LogP contribution < -0.4 is 14.8 Å². The number of nitrogens with one attached hydrogen (secondary N) is 1. The molecule has 2 aromatic rings. The number of hydrogen-bond donors (Lipinski definition) is 1. The van der Waals surface area contributed by atoms with Gasteiger partial charge in [0.1, 0.15) is 5.82 Å². The van der Waals surface area contributed by atoms with Crippen LogP contribution in [0.4, 0.5) is 5.82 Å². The van der Waals surface area contributed by atoms with Gasteiger partial charge in [0.15, 0.2) is 11.5 Å². The minimum absolute atomic E-state index is 0.278. The molecule has 1 aromatic heterocycles. The molecule has 2 heterocycles. The number of nitrogens with zero attached hydrogens (tertiary/aromatic N) is 3.